The van der Waals surface area contributed by atoms with Gasteiger partial charge in [0, 0.05) is 55.9 Å². The van der Waals surface area contributed by atoms with Crippen molar-refractivity contribution in [3.8, 4) is 61.6 Å². The third kappa shape index (κ3) is 6.09. The highest BCUT2D eigenvalue weighted by molar-refractivity contribution is 6.25. The lowest BCUT2D eigenvalue weighted by Gasteiger charge is -2.25. The Hall–Kier alpha value is -7.42. The number of nitrogens with zero attached hydrogens (tertiary/aromatic N) is 2. The lowest BCUT2D eigenvalue weighted by molar-refractivity contribution is 0.739. The van der Waals surface area contributed by atoms with Gasteiger partial charge in [0.05, 0.1) is 11.4 Å². The number of benzene rings is 8. The smallest absolute Gasteiger partial charge is 0.0620 e. The van der Waals surface area contributed by atoms with Crippen LogP contribution in [0, 0.1) is 5.92 Å². The quantitative estimate of drug-likeness (QED) is 0.145. The number of aryl methyl sites for hydroxylation is 1. The molecule has 0 aliphatic heterocycles. The Balaban J connectivity index is 1.45. The van der Waals surface area contributed by atoms with Crippen LogP contribution in [0.4, 0.5) is 0 Å². The van der Waals surface area contributed by atoms with E-state index in [0.29, 0.717) is 5.92 Å². The number of para-hydroxylation sites is 1. The van der Waals surface area contributed by atoms with Gasteiger partial charge in [-0.25, -0.2) is 0 Å². The average molecular weight is 783 g/mol. The predicted octanol–water partition coefficient (Wildman–Crippen LogP) is 16.1. The van der Waals surface area contributed by atoms with Gasteiger partial charge >= 0.3 is 0 Å². The van der Waals surface area contributed by atoms with Crippen molar-refractivity contribution in [1.29, 1.82) is 0 Å². The molecule has 1 atom stereocenters. The number of hydrogen-bond acceptors (Lipinski definition) is 0. The Morgan fingerprint density at radius 2 is 0.918 bits per heavy atom. The molecule has 1 unspecified atom stereocenters. The van der Waals surface area contributed by atoms with Gasteiger partial charge in [-0.15, -0.1) is 0 Å². The van der Waals surface area contributed by atoms with E-state index in [1.165, 1.54) is 99.6 Å². The van der Waals surface area contributed by atoms with Gasteiger partial charge in [-0.05, 0) is 88.0 Å². The molecule has 2 heteroatoms. The minimum atomic E-state index is 0.473. The first kappa shape index (κ1) is 36.6. The second-order valence-electron chi connectivity index (χ2n) is 16.3. The van der Waals surface area contributed by atoms with Gasteiger partial charge in [-0.2, -0.15) is 0 Å². The first-order valence-electron chi connectivity index (χ1n) is 21.6. The summed E-state index contributed by atoms with van der Waals surface area (Å²) in [7, 11) is 0. The van der Waals surface area contributed by atoms with E-state index in [9.17, 15) is 0 Å². The van der Waals surface area contributed by atoms with Gasteiger partial charge in [0.2, 0.25) is 0 Å². The molecule has 0 radical (unpaired) electrons. The highest BCUT2D eigenvalue weighted by atomic mass is 15.0. The van der Waals surface area contributed by atoms with E-state index in [1.807, 2.05) is 0 Å². The number of fused-ring (bicyclic) bond motifs is 4. The maximum absolute atomic E-state index is 2.59. The van der Waals surface area contributed by atoms with Crippen molar-refractivity contribution in [2.24, 2.45) is 5.92 Å². The molecule has 0 amide bonds. The van der Waals surface area contributed by atoms with E-state index < -0.39 is 0 Å². The molecular formula is C59H46N2. The van der Waals surface area contributed by atoms with Crippen molar-refractivity contribution in [1.82, 2.24) is 9.13 Å². The van der Waals surface area contributed by atoms with Gasteiger partial charge in [-0.3, -0.25) is 0 Å². The molecule has 0 saturated heterocycles. The predicted molar refractivity (Wildman–Crippen MR) is 260 cm³/mol. The van der Waals surface area contributed by atoms with Crippen molar-refractivity contribution in [3.05, 3.63) is 218 Å². The standard InChI is InChI=1S/C59H46N2/c1-3-60-50-32-20-19-31-48(50)49-39-47(37-38-51(49)60)61-58(45-27-15-7-16-28-45)56-54(42-23-11-5-12-24-42)52(41-21-9-4-10-22-41)53(44-35-33-40(2)34-36-44)55(43-25-13-6-14-26-43)57(56)59(61)46-29-17-8-18-30-46/h4-33,35-40H,3,34H2,1-2H3. The van der Waals surface area contributed by atoms with Crippen LogP contribution in [0.1, 0.15) is 25.8 Å². The van der Waals surface area contributed by atoms with Crippen LogP contribution in [-0.2, 0) is 6.54 Å². The Morgan fingerprint density at radius 1 is 0.459 bits per heavy atom. The Morgan fingerprint density at radius 3 is 1.43 bits per heavy atom. The molecule has 61 heavy (non-hydrogen) atoms. The molecule has 0 bridgehead atoms. The summed E-state index contributed by atoms with van der Waals surface area (Å²) in [6, 6.07) is 71.6. The lowest BCUT2D eigenvalue weighted by Crippen LogP contribution is -2.02. The summed E-state index contributed by atoms with van der Waals surface area (Å²) in [5.41, 5.74) is 18.2. The normalized spacial score (nSPS) is 13.9. The Kier molecular flexibility index (Phi) is 9.20. The van der Waals surface area contributed by atoms with E-state index >= 15 is 0 Å². The monoisotopic (exact) mass is 782 g/mol. The molecule has 1 aliphatic carbocycles. The Labute approximate surface area is 358 Å². The average Bonchev–Trinajstić information content (AvgIpc) is 3.85. The van der Waals surface area contributed by atoms with Crippen LogP contribution in [0.5, 0.6) is 0 Å². The highest BCUT2D eigenvalue weighted by Gasteiger charge is 2.33. The Bertz CT molecular complexity index is 3280. The molecule has 2 aromatic heterocycles. The summed E-state index contributed by atoms with van der Waals surface area (Å²) < 4.78 is 5.04. The largest absolute Gasteiger partial charge is 0.341 e. The van der Waals surface area contributed by atoms with Crippen molar-refractivity contribution < 1.29 is 0 Å². The fraction of sp³-hybridized carbons (Fsp3) is 0.0847. The van der Waals surface area contributed by atoms with E-state index in [2.05, 4.69) is 235 Å². The highest BCUT2D eigenvalue weighted by Crippen LogP contribution is 2.56. The zero-order valence-corrected chi connectivity index (χ0v) is 34.6. The van der Waals surface area contributed by atoms with Gasteiger partial charge in [0.25, 0.3) is 0 Å². The first-order valence-corrected chi connectivity index (χ1v) is 21.6. The fourth-order valence-corrected chi connectivity index (χ4v) is 9.96. The van der Waals surface area contributed by atoms with Crippen LogP contribution in [0.3, 0.4) is 0 Å². The molecule has 10 aromatic rings. The van der Waals surface area contributed by atoms with Gasteiger partial charge in [-0.1, -0.05) is 195 Å². The van der Waals surface area contributed by atoms with Gasteiger partial charge in [0.15, 0.2) is 0 Å². The van der Waals surface area contributed by atoms with E-state index in [1.54, 1.807) is 0 Å². The second-order valence-corrected chi connectivity index (χ2v) is 16.3. The summed E-state index contributed by atoms with van der Waals surface area (Å²) in [6.45, 7) is 5.46. The minimum absolute atomic E-state index is 0.473. The van der Waals surface area contributed by atoms with E-state index in [4.69, 9.17) is 0 Å². The van der Waals surface area contributed by atoms with E-state index in [-0.39, 0.29) is 0 Å². The number of aromatic nitrogens is 2. The van der Waals surface area contributed by atoms with Crippen LogP contribution in [0.15, 0.2) is 212 Å². The summed E-state index contributed by atoms with van der Waals surface area (Å²) in [6.07, 6.45) is 8.25. The molecule has 292 valence electrons. The van der Waals surface area contributed by atoms with Crippen molar-refractivity contribution in [3.63, 3.8) is 0 Å². The van der Waals surface area contributed by atoms with Crippen LogP contribution in [0.25, 0.3) is 99.7 Å². The molecule has 8 aromatic carbocycles. The summed E-state index contributed by atoms with van der Waals surface area (Å²) in [5, 5.41) is 5.01. The maximum atomic E-state index is 2.59. The van der Waals surface area contributed by atoms with Crippen molar-refractivity contribution in [2.45, 2.75) is 26.8 Å². The summed E-state index contributed by atoms with van der Waals surface area (Å²) in [4.78, 5) is 0. The molecule has 11 rings (SSSR count). The van der Waals surface area contributed by atoms with Gasteiger partial charge < -0.3 is 9.13 Å². The molecule has 2 heterocycles. The van der Waals surface area contributed by atoms with Crippen LogP contribution >= 0.6 is 0 Å². The summed E-state index contributed by atoms with van der Waals surface area (Å²) >= 11 is 0. The number of allylic oxidation sites excluding steroid dienone is 4. The fourth-order valence-electron chi connectivity index (χ4n) is 9.96. The van der Waals surface area contributed by atoms with Crippen LogP contribution in [0.2, 0.25) is 0 Å². The molecule has 0 spiro atoms. The number of hydrogen-bond donors (Lipinski definition) is 0. The molecule has 1 aliphatic rings. The second kappa shape index (κ2) is 15.3. The minimum Gasteiger partial charge on any atom is -0.341 e. The first-order chi connectivity index (χ1) is 30.2. The zero-order valence-electron chi connectivity index (χ0n) is 34.6. The maximum Gasteiger partial charge on any atom is 0.0620 e. The SMILES string of the molecule is CCn1c2ccccc2c2cc(-n3c(-c4ccccc4)c4c(-c5ccccc5)c(C5=CCC(C)C=C5)c(-c5ccccc5)c(-c5ccccc5)c4c3-c3ccccc3)ccc21. The molecular weight excluding hydrogens is 737 g/mol. The topological polar surface area (TPSA) is 9.86 Å². The van der Waals surface area contributed by atoms with Crippen LogP contribution < -0.4 is 0 Å². The number of rotatable bonds is 8. The third-order valence-electron chi connectivity index (χ3n) is 12.6. The molecule has 0 N–H and O–H groups in total. The van der Waals surface area contributed by atoms with Gasteiger partial charge in [0.1, 0.15) is 0 Å². The van der Waals surface area contributed by atoms with Crippen molar-refractivity contribution in [2.75, 3.05) is 0 Å². The van der Waals surface area contributed by atoms with E-state index in [0.717, 1.165) is 18.7 Å². The lowest BCUT2D eigenvalue weighted by atomic mass is 9.77. The molecule has 0 saturated carbocycles. The third-order valence-corrected chi connectivity index (χ3v) is 12.6. The molecule has 0 fully saturated rings. The van der Waals surface area contributed by atoms with Crippen LogP contribution in [-0.4, -0.2) is 9.13 Å². The zero-order chi connectivity index (χ0) is 40.9. The molecule has 2 nitrogen and oxygen atoms in total. The van der Waals surface area contributed by atoms with Crippen molar-refractivity contribution >= 4 is 38.2 Å². The summed E-state index contributed by atoms with van der Waals surface area (Å²) in [5.74, 6) is 0.473.